The number of nitrogens with one attached hydrogen (secondary N) is 3. The van der Waals surface area contributed by atoms with Crippen molar-refractivity contribution in [1.82, 2.24) is 9.97 Å². The number of carbonyl (C=O) groups is 3. The van der Waals surface area contributed by atoms with Crippen LogP contribution in [0.5, 0.6) is 0 Å². The molecule has 1 saturated heterocycles. The van der Waals surface area contributed by atoms with Crippen LogP contribution in [0.2, 0.25) is 0 Å². The SMILES string of the molecule is CC(=O)c1ccc(NC(=O)C2CC(=O)Nc3nc(N4CCCC4)[nH]c(=O)c32)cc1. The molecule has 2 aliphatic heterocycles. The lowest BCUT2D eigenvalue weighted by molar-refractivity contribution is -0.123. The van der Waals surface area contributed by atoms with Crippen molar-refractivity contribution in [1.29, 1.82) is 0 Å². The molecule has 0 aliphatic carbocycles. The van der Waals surface area contributed by atoms with Crippen LogP contribution in [-0.2, 0) is 9.59 Å². The van der Waals surface area contributed by atoms with Gasteiger partial charge in [-0.1, -0.05) is 0 Å². The number of hydrogen-bond donors (Lipinski definition) is 3. The van der Waals surface area contributed by atoms with Gasteiger partial charge in [-0.2, -0.15) is 4.98 Å². The van der Waals surface area contributed by atoms with E-state index in [1.54, 1.807) is 24.3 Å². The van der Waals surface area contributed by atoms with Gasteiger partial charge in [-0.05, 0) is 44.0 Å². The Kier molecular flexibility index (Phi) is 4.87. The third-order valence-corrected chi connectivity index (χ3v) is 5.22. The number of hydrogen-bond acceptors (Lipinski definition) is 6. The van der Waals surface area contributed by atoms with Crippen molar-refractivity contribution < 1.29 is 14.4 Å². The minimum Gasteiger partial charge on any atom is -0.342 e. The number of anilines is 3. The third-order valence-electron chi connectivity index (χ3n) is 5.22. The van der Waals surface area contributed by atoms with Crippen LogP contribution in [0.25, 0.3) is 0 Å². The van der Waals surface area contributed by atoms with Crippen molar-refractivity contribution >= 4 is 35.1 Å². The zero-order valence-electron chi connectivity index (χ0n) is 15.9. The molecule has 1 atom stereocenters. The van der Waals surface area contributed by atoms with E-state index in [0.717, 1.165) is 25.9 Å². The van der Waals surface area contributed by atoms with Gasteiger partial charge in [-0.15, -0.1) is 0 Å². The number of aromatic amines is 1. The van der Waals surface area contributed by atoms with Crippen LogP contribution in [0.15, 0.2) is 29.1 Å². The third kappa shape index (κ3) is 3.75. The summed E-state index contributed by atoms with van der Waals surface area (Å²) in [7, 11) is 0. The van der Waals surface area contributed by atoms with Gasteiger partial charge < -0.3 is 15.5 Å². The van der Waals surface area contributed by atoms with Crippen LogP contribution in [0.1, 0.15) is 48.0 Å². The number of H-pyrrole nitrogens is 1. The molecule has 1 unspecified atom stereocenters. The summed E-state index contributed by atoms with van der Waals surface area (Å²) in [6, 6.07) is 6.43. The van der Waals surface area contributed by atoms with E-state index >= 15 is 0 Å². The first-order valence-corrected chi connectivity index (χ1v) is 9.53. The fraction of sp³-hybridized carbons (Fsp3) is 0.350. The van der Waals surface area contributed by atoms with Gasteiger partial charge in [0, 0.05) is 30.8 Å². The highest BCUT2D eigenvalue weighted by molar-refractivity contribution is 6.04. The average Bonchev–Trinajstić information content (AvgIpc) is 3.22. The van der Waals surface area contributed by atoms with Gasteiger partial charge in [0.2, 0.25) is 17.8 Å². The van der Waals surface area contributed by atoms with E-state index in [4.69, 9.17) is 0 Å². The molecule has 2 amide bonds. The van der Waals surface area contributed by atoms with E-state index in [1.807, 2.05) is 4.90 Å². The molecule has 4 rings (SSSR count). The minimum atomic E-state index is -0.949. The first-order valence-electron chi connectivity index (χ1n) is 9.53. The van der Waals surface area contributed by atoms with Gasteiger partial charge in [-0.3, -0.25) is 24.2 Å². The highest BCUT2D eigenvalue weighted by Crippen LogP contribution is 2.30. The Labute approximate surface area is 166 Å². The van der Waals surface area contributed by atoms with Gasteiger partial charge in [0.1, 0.15) is 5.82 Å². The minimum absolute atomic E-state index is 0.0767. The smallest absolute Gasteiger partial charge is 0.258 e. The number of ketones is 1. The Hall–Kier alpha value is -3.49. The standard InChI is InChI=1S/C20H21N5O4/c1-11(26)12-4-6-13(7-5-12)21-18(28)14-10-15(27)22-17-16(14)19(29)24-20(23-17)25-8-2-3-9-25/h4-7,14H,2-3,8-10H2,1H3,(H,21,28)(H2,22,23,24,27,29). The number of Topliss-reactive ketones (excluding diaryl/α,β-unsaturated/α-hetero) is 1. The lowest BCUT2D eigenvalue weighted by Crippen LogP contribution is -2.37. The summed E-state index contributed by atoms with van der Waals surface area (Å²) in [5.74, 6) is -1.32. The van der Waals surface area contributed by atoms with E-state index in [9.17, 15) is 19.2 Å². The fourth-order valence-electron chi connectivity index (χ4n) is 3.68. The summed E-state index contributed by atoms with van der Waals surface area (Å²) in [5.41, 5.74) is 0.737. The first-order chi connectivity index (χ1) is 13.9. The molecule has 0 radical (unpaired) electrons. The van der Waals surface area contributed by atoms with Crippen molar-refractivity contribution in [2.75, 3.05) is 28.6 Å². The van der Waals surface area contributed by atoms with E-state index in [2.05, 4.69) is 20.6 Å². The van der Waals surface area contributed by atoms with Crippen LogP contribution >= 0.6 is 0 Å². The number of aromatic nitrogens is 2. The zero-order valence-corrected chi connectivity index (χ0v) is 15.9. The first kappa shape index (κ1) is 18.9. The Morgan fingerprint density at radius 2 is 1.83 bits per heavy atom. The molecule has 29 heavy (non-hydrogen) atoms. The molecule has 1 aromatic heterocycles. The average molecular weight is 395 g/mol. The molecular formula is C20H21N5O4. The lowest BCUT2D eigenvalue weighted by Gasteiger charge is -2.25. The van der Waals surface area contributed by atoms with Crippen LogP contribution in [0.3, 0.4) is 0 Å². The van der Waals surface area contributed by atoms with Crippen molar-refractivity contribution in [3.8, 4) is 0 Å². The van der Waals surface area contributed by atoms with Crippen LogP contribution < -0.4 is 21.1 Å². The van der Waals surface area contributed by atoms with Crippen molar-refractivity contribution in [3.05, 3.63) is 45.7 Å². The fourth-order valence-corrected chi connectivity index (χ4v) is 3.68. The number of fused-ring (bicyclic) bond motifs is 1. The Balaban J connectivity index is 1.61. The largest absolute Gasteiger partial charge is 0.342 e. The van der Waals surface area contributed by atoms with Gasteiger partial charge in [0.15, 0.2) is 5.78 Å². The van der Waals surface area contributed by atoms with Crippen LogP contribution in [0.4, 0.5) is 17.5 Å². The molecule has 9 heteroatoms. The maximum atomic E-state index is 12.8. The highest BCUT2D eigenvalue weighted by atomic mass is 16.2. The lowest BCUT2D eigenvalue weighted by atomic mass is 9.92. The van der Waals surface area contributed by atoms with Gasteiger partial charge in [-0.25, -0.2) is 0 Å². The quantitative estimate of drug-likeness (QED) is 0.676. The maximum Gasteiger partial charge on any atom is 0.258 e. The molecule has 150 valence electrons. The second-order valence-electron chi connectivity index (χ2n) is 7.27. The molecule has 0 spiro atoms. The second-order valence-corrected chi connectivity index (χ2v) is 7.27. The Morgan fingerprint density at radius 1 is 1.14 bits per heavy atom. The zero-order chi connectivity index (χ0) is 20.5. The molecule has 2 aromatic rings. The van der Waals surface area contributed by atoms with E-state index < -0.39 is 17.4 Å². The van der Waals surface area contributed by atoms with E-state index in [-0.39, 0.29) is 29.5 Å². The van der Waals surface area contributed by atoms with Gasteiger partial charge >= 0.3 is 0 Å². The Bertz CT molecular complexity index is 1040. The van der Waals surface area contributed by atoms with E-state index in [0.29, 0.717) is 17.2 Å². The molecule has 2 aliphatic rings. The summed E-state index contributed by atoms with van der Waals surface area (Å²) in [6.07, 6.45) is 1.89. The second kappa shape index (κ2) is 7.50. The molecule has 1 aromatic carbocycles. The summed E-state index contributed by atoms with van der Waals surface area (Å²) < 4.78 is 0. The van der Waals surface area contributed by atoms with Crippen molar-refractivity contribution in [3.63, 3.8) is 0 Å². The summed E-state index contributed by atoms with van der Waals surface area (Å²) in [6.45, 7) is 3.03. The number of benzene rings is 1. The monoisotopic (exact) mass is 395 g/mol. The van der Waals surface area contributed by atoms with Crippen molar-refractivity contribution in [2.24, 2.45) is 0 Å². The summed E-state index contributed by atoms with van der Waals surface area (Å²) >= 11 is 0. The van der Waals surface area contributed by atoms with Crippen molar-refractivity contribution in [2.45, 2.75) is 32.1 Å². The maximum absolute atomic E-state index is 12.8. The van der Waals surface area contributed by atoms with Crippen LogP contribution in [0, 0.1) is 0 Å². The topological polar surface area (TPSA) is 124 Å². The number of carbonyl (C=O) groups excluding carboxylic acids is 3. The van der Waals surface area contributed by atoms with Gasteiger partial charge in [0.25, 0.3) is 5.56 Å². The molecule has 9 nitrogen and oxygen atoms in total. The number of amides is 2. The Morgan fingerprint density at radius 3 is 2.48 bits per heavy atom. The molecule has 3 heterocycles. The normalized spacial score (nSPS) is 18.2. The molecule has 1 fully saturated rings. The molecule has 3 N–H and O–H groups in total. The van der Waals surface area contributed by atoms with Crippen LogP contribution in [-0.4, -0.2) is 40.7 Å². The summed E-state index contributed by atoms with van der Waals surface area (Å²) in [5, 5.41) is 5.33. The molecular weight excluding hydrogens is 374 g/mol. The predicted molar refractivity (Wildman–Crippen MR) is 107 cm³/mol. The predicted octanol–water partition coefficient (Wildman–Crippen LogP) is 1.64. The number of nitrogens with zero attached hydrogens (tertiary/aromatic N) is 2. The summed E-state index contributed by atoms with van der Waals surface area (Å²) in [4.78, 5) is 58.2. The number of rotatable bonds is 4. The molecule has 0 bridgehead atoms. The van der Waals surface area contributed by atoms with Gasteiger partial charge in [0.05, 0.1) is 11.5 Å². The molecule has 0 saturated carbocycles. The van der Waals surface area contributed by atoms with E-state index in [1.165, 1.54) is 6.92 Å². The highest BCUT2D eigenvalue weighted by Gasteiger charge is 2.35.